The highest BCUT2D eigenvalue weighted by molar-refractivity contribution is 6.33. The van der Waals surface area contributed by atoms with Crippen molar-refractivity contribution in [3.8, 4) is 5.75 Å². The van der Waals surface area contributed by atoms with E-state index in [4.69, 9.17) is 26.8 Å². The van der Waals surface area contributed by atoms with Crippen molar-refractivity contribution in [1.29, 1.82) is 0 Å². The fourth-order valence-corrected chi connectivity index (χ4v) is 1.50. The first-order valence-electron chi connectivity index (χ1n) is 5.59. The molecule has 0 aliphatic heterocycles. The van der Waals surface area contributed by atoms with Crippen LogP contribution >= 0.6 is 11.6 Å². The van der Waals surface area contributed by atoms with Crippen molar-refractivity contribution in [2.24, 2.45) is 0 Å². The summed E-state index contributed by atoms with van der Waals surface area (Å²) in [6.45, 7) is 6.59. The van der Waals surface area contributed by atoms with Gasteiger partial charge >= 0.3 is 0 Å². The standard InChI is InChI=1S/C13H20ClNO2/c1-9-7-11(15)10(14)8-12(9)17-6-5-13(2,3)16-4/h7-8H,5-6,15H2,1-4H3. The van der Waals surface area contributed by atoms with Crippen molar-refractivity contribution in [1.82, 2.24) is 0 Å². The Hall–Kier alpha value is -0.930. The van der Waals surface area contributed by atoms with Crippen LogP contribution in [0, 0.1) is 6.92 Å². The fraction of sp³-hybridized carbons (Fsp3) is 0.538. The Bertz CT molecular complexity index is 391. The molecule has 0 bridgehead atoms. The largest absolute Gasteiger partial charge is 0.493 e. The van der Waals surface area contributed by atoms with E-state index in [0.717, 1.165) is 17.7 Å². The van der Waals surface area contributed by atoms with Gasteiger partial charge in [0.05, 0.1) is 22.9 Å². The number of hydrogen-bond acceptors (Lipinski definition) is 3. The van der Waals surface area contributed by atoms with Gasteiger partial charge in [-0.3, -0.25) is 0 Å². The van der Waals surface area contributed by atoms with E-state index in [1.165, 1.54) is 0 Å². The lowest BCUT2D eigenvalue weighted by atomic mass is 10.1. The van der Waals surface area contributed by atoms with Crippen LogP contribution < -0.4 is 10.5 Å². The molecule has 0 unspecified atom stereocenters. The van der Waals surface area contributed by atoms with Gasteiger partial charge in [-0.1, -0.05) is 11.6 Å². The van der Waals surface area contributed by atoms with Crippen molar-refractivity contribution in [3.63, 3.8) is 0 Å². The number of halogens is 1. The van der Waals surface area contributed by atoms with Crippen molar-refractivity contribution >= 4 is 17.3 Å². The van der Waals surface area contributed by atoms with Crippen molar-refractivity contribution in [2.75, 3.05) is 19.5 Å². The van der Waals surface area contributed by atoms with Crippen LogP contribution in [0.5, 0.6) is 5.75 Å². The van der Waals surface area contributed by atoms with Gasteiger partial charge in [0.2, 0.25) is 0 Å². The molecule has 17 heavy (non-hydrogen) atoms. The fourth-order valence-electron chi connectivity index (χ4n) is 1.35. The van der Waals surface area contributed by atoms with E-state index in [2.05, 4.69) is 0 Å². The average molecular weight is 258 g/mol. The van der Waals surface area contributed by atoms with E-state index in [-0.39, 0.29) is 5.60 Å². The SMILES string of the molecule is COC(C)(C)CCOc1cc(Cl)c(N)cc1C. The maximum absolute atomic E-state index is 5.95. The molecule has 0 aliphatic rings. The number of anilines is 1. The highest BCUT2D eigenvalue weighted by Crippen LogP contribution is 2.28. The second-order valence-corrected chi connectivity index (χ2v) is 5.11. The monoisotopic (exact) mass is 257 g/mol. The molecule has 1 rings (SSSR count). The van der Waals surface area contributed by atoms with Gasteiger partial charge in [-0.25, -0.2) is 0 Å². The normalized spacial score (nSPS) is 11.6. The zero-order valence-corrected chi connectivity index (χ0v) is 11.6. The molecule has 2 N–H and O–H groups in total. The maximum Gasteiger partial charge on any atom is 0.123 e. The van der Waals surface area contributed by atoms with Crippen LogP contribution in [-0.4, -0.2) is 19.3 Å². The number of nitrogen functional groups attached to an aromatic ring is 1. The summed E-state index contributed by atoms with van der Waals surface area (Å²) in [6.07, 6.45) is 0.810. The molecule has 4 heteroatoms. The molecule has 0 heterocycles. The van der Waals surface area contributed by atoms with E-state index < -0.39 is 0 Å². The van der Waals surface area contributed by atoms with Crippen LogP contribution in [0.25, 0.3) is 0 Å². The number of ether oxygens (including phenoxy) is 2. The van der Waals surface area contributed by atoms with Crippen LogP contribution in [-0.2, 0) is 4.74 Å². The number of rotatable bonds is 5. The molecule has 0 atom stereocenters. The van der Waals surface area contributed by atoms with Gasteiger partial charge in [-0.05, 0) is 32.4 Å². The van der Waals surface area contributed by atoms with Crippen LogP contribution in [0.3, 0.4) is 0 Å². The zero-order chi connectivity index (χ0) is 13.1. The Morgan fingerprint density at radius 1 is 1.35 bits per heavy atom. The third kappa shape index (κ3) is 4.10. The molecular formula is C13H20ClNO2. The van der Waals surface area contributed by atoms with Crippen molar-refractivity contribution in [3.05, 3.63) is 22.7 Å². The van der Waals surface area contributed by atoms with Gasteiger partial charge in [-0.15, -0.1) is 0 Å². The lowest BCUT2D eigenvalue weighted by Crippen LogP contribution is -2.25. The highest BCUT2D eigenvalue weighted by Gasteiger charge is 2.16. The second kappa shape index (κ2) is 5.61. The first-order chi connectivity index (χ1) is 7.85. The molecule has 96 valence electrons. The molecule has 0 amide bonds. The first kappa shape index (κ1) is 14.1. The molecule has 0 radical (unpaired) electrons. The molecule has 1 aromatic carbocycles. The molecule has 0 saturated heterocycles. The predicted octanol–water partition coefficient (Wildman–Crippen LogP) is 3.42. The third-order valence-corrected chi connectivity index (χ3v) is 3.14. The first-order valence-corrected chi connectivity index (χ1v) is 5.97. The third-order valence-electron chi connectivity index (χ3n) is 2.81. The maximum atomic E-state index is 5.95. The minimum absolute atomic E-state index is 0.175. The van der Waals surface area contributed by atoms with E-state index in [9.17, 15) is 0 Å². The molecule has 0 fully saturated rings. The lowest BCUT2D eigenvalue weighted by Gasteiger charge is -2.23. The molecule has 0 spiro atoms. The molecule has 3 nitrogen and oxygen atoms in total. The van der Waals surface area contributed by atoms with Crippen molar-refractivity contribution in [2.45, 2.75) is 32.8 Å². The summed E-state index contributed by atoms with van der Waals surface area (Å²) in [4.78, 5) is 0. The Morgan fingerprint density at radius 3 is 2.59 bits per heavy atom. The van der Waals surface area contributed by atoms with E-state index in [1.807, 2.05) is 26.8 Å². The minimum Gasteiger partial charge on any atom is -0.493 e. The van der Waals surface area contributed by atoms with Gasteiger partial charge in [0.15, 0.2) is 0 Å². The number of nitrogens with two attached hydrogens (primary N) is 1. The summed E-state index contributed by atoms with van der Waals surface area (Å²) in [7, 11) is 1.70. The van der Waals surface area contributed by atoms with Crippen LogP contribution in [0.4, 0.5) is 5.69 Å². The molecular weight excluding hydrogens is 238 g/mol. The number of hydrogen-bond donors (Lipinski definition) is 1. The van der Waals surface area contributed by atoms with Crippen LogP contribution in [0.15, 0.2) is 12.1 Å². The van der Waals surface area contributed by atoms with E-state index in [0.29, 0.717) is 17.3 Å². The molecule has 0 aliphatic carbocycles. The number of benzene rings is 1. The molecule has 1 aromatic rings. The number of aryl methyl sites for hydroxylation is 1. The minimum atomic E-state index is -0.175. The zero-order valence-electron chi connectivity index (χ0n) is 10.8. The van der Waals surface area contributed by atoms with Gasteiger partial charge in [0.25, 0.3) is 0 Å². The Kier molecular flexibility index (Phi) is 4.66. The van der Waals surface area contributed by atoms with Gasteiger partial charge in [-0.2, -0.15) is 0 Å². The highest BCUT2D eigenvalue weighted by atomic mass is 35.5. The smallest absolute Gasteiger partial charge is 0.123 e. The van der Waals surface area contributed by atoms with E-state index >= 15 is 0 Å². The lowest BCUT2D eigenvalue weighted by molar-refractivity contribution is 0.00540. The average Bonchev–Trinajstić information content (AvgIpc) is 2.25. The molecule has 0 aromatic heterocycles. The second-order valence-electron chi connectivity index (χ2n) is 4.70. The summed E-state index contributed by atoms with van der Waals surface area (Å²) in [6, 6.07) is 3.57. The van der Waals surface area contributed by atoms with Gasteiger partial charge < -0.3 is 15.2 Å². The van der Waals surface area contributed by atoms with Gasteiger partial charge in [0.1, 0.15) is 5.75 Å². The van der Waals surface area contributed by atoms with Crippen LogP contribution in [0.1, 0.15) is 25.8 Å². The molecule has 0 saturated carbocycles. The predicted molar refractivity (Wildman–Crippen MR) is 71.8 cm³/mol. The van der Waals surface area contributed by atoms with E-state index in [1.54, 1.807) is 13.2 Å². The Morgan fingerprint density at radius 2 is 2.00 bits per heavy atom. The van der Waals surface area contributed by atoms with Crippen LogP contribution in [0.2, 0.25) is 5.02 Å². The summed E-state index contributed by atoms with van der Waals surface area (Å²) in [5.41, 5.74) is 7.09. The quantitative estimate of drug-likeness (QED) is 0.822. The van der Waals surface area contributed by atoms with Crippen molar-refractivity contribution < 1.29 is 9.47 Å². The summed E-state index contributed by atoms with van der Waals surface area (Å²) >= 11 is 5.95. The Labute approximate surface area is 108 Å². The number of methoxy groups -OCH3 is 1. The summed E-state index contributed by atoms with van der Waals surface area (Å²) in [5, 5.41) is 0.525. The summed E-state index contributed by atoms with van der Waals surface area (Å²) in [5.74, 6) is 0.774. The summed E-state index contributed by atoms with van der Waals surface area (Å²) < 4.78 is 11.0. The topological polar surface area (TPSA) is 44.5 Å². The van der Waals surface area contributed by atoms with Gasteiger partial charge in [0, 0.05) is 19.6 Å². The Balaban J connectivity index is 2.61.